The lowest BCUT2D eigenvalue weighted by Crippen LogP contribution is -2.21. The molecule has 2 unspecified atom stereocenters. The van der Waals surface area contributed by atoms with Gasteiger partial charge in [0.15, 0.2) is 0 Å². The lowest BCUT2D eigenvalue weighted by atomic mass is 10.2. The Morgan fingerprint density at radius 2 is 1.31 bits per heavy atom. The van der Waals surface area contributed by atoms with Crippen molar-refractivity contribution in [3.05, 3.63) is 0 Å². The second-order valence-corrected chi connectivity index (χ2v) is 3.08. The van der Waals surface area contributed by atoms with Crippen LogP contribution in [0.3, 0.4) is 0 Å². The maximum absolute atomic E-state index is 10.5. The average Bonchev–Trinajstić information content (AvgIpc) is 1.80. The molecule has 0 saturated carbocycles. The first-order valence-corrected chi connectivity index (χ1v) is 4.26. The molecule has 0 saturated heterocycles. The van der Waals surface area contributed by atoms with Gasteiger partial charge in [0.1, 0.15) is 12.2 Å². The van der Waals surface area contributed by atoms with Crippen LogP contribution in [0.4, 0.5) is 0 Å². The molecule has 0 aromatic rings. The third-order valence-corrected chi connectivity index (χ3v) is 1.40. The maximum Gasteiger partial charge on any atom is 0.302 e. The van der Waals surface area contributed by atoms with Crippen molar-refractivity contribution in [2.75, 3.05) is 0 Å². The predicted octanol–water partition coefficient (Wildman–Crippen LogP) is 1.28. The number of ether oxygens (including phenoxy) is 2. The number of hydrogen-bond donors (Lipinski definition) is 0. The van der Waals surface area contributed by atoms with Gasteiger partial charge in [0.25, 0.3) is 0 Å². The molecule has 0 aromatic heterocycles. The lowest BCUT2D eigenvalue weighted by molar-refractivity contribution is -0.150. The van der Waals surface area contributed by atoms with Crippen molar-refractivity contribution in [3.63, 3.8) is 0 Å². The van der Waals surface area contributed by atoms with Gasteiger partial charge >= 0.3 is 11.9 Å². The Labute approximate surface area is 78.2 Å². The van der Waals surface area contributed by atoms with Crippen LogP contribution in [0.5, 0.6) is 0 Å². The molecule has 76 valence electrons. The van der Waals surface area contributed by atoms with E-state index in [0.717, 1.165) is 0 Å². The Morgan fingerprint density at radius 1 is 1.00 bits per heavy atom. The van der Waals surface area contributed by atoms with Crippen molar-refractivity contribution in [1.82, 2.24) is 0 Å². The summed E-state index contributed by atoms with van der Waals surface area (Å²) >= 11 is 0. The van der Waals surface area contributed by atoms with Crippen LogP contribution in [-0.2, 0) is 19.1 Å². The van der Waals surface area contributed by atoms with Crippen molar-refractivity contribution < 1.29 is 19.1 Å². The first kappa shape index (κ1) is 11.9. The summed E-state index contributed by atoms with van der Waals surface area (Å²) in [6.45, 7) is 6.24. The standard InChI is InChI=1S/C9H16O4/c1-6(12-8(3)10)5-7(2)13-9(4)11/h6-7H,5H2,1-4H3. The van der Waals surface area contributed by atoms with Gasteiger partial charge in [-0.25, -0.2) is 0 Å². The van der Waals surface area contributed by atoms with E-state index in [4.69, 9.17) is 9.47 Å². The van der Waals surface area contributed by atoms with E-state index in [2.05, 4.69) is 0 Å². The van der Waals surface area contributed by atoms with Crippen molar-refractivity contribution in [3.8, 4) is 0 Å². The zero-order valence-electron chi connectivity index (χ0n) is 8.49. The van der Waals surface area contributed by atoms with Crippen LogP contribution in [0.1, 0.15) is 34.1 Å². The Morgan fingerprint density at radius 3 is 1.54 bits per heavy atom. The molecule has 0 heterocycles. The van der Waals surface area contributed by atoms with E-state index < -0.39 is 0 Å². The quantitative estimate of drug-likeness (QED) is 0.623. The molecule has 0 amide bonds. The van der Waals surface area contributed by atoms with Crippen molar-refractivity contribution in [2.24, 2.45) is 0 Å². The van der Waals surface area contributed by atoms with E-state index in [-0.39, 0.29) is 24.1 Å². The minimum atomic E-state index is -0.317. The Kier molecular flexibility index (Phi) is 5.11. The summed E-state index contributed by atoms with van der Waals surface area (Å²) in [6, 6.07) is 0. The largest absolute Gasteiger partial charge is 0.463 e. The van der Waals surface area contributed by atoms with E-state index in [1.165, 1.54) is 13.8 Å². The first-order chi connectivity index (χ1) is 5.91. The highest BCUT2D eigenvalue weighted by molar-refractivity contribution is 5.66. The Bertz CT molecular complexity index is 168. The highest BCUT2D eigenvalue weighted by Gasteiger charge is 2.12. The van der Waals surface area contributed by atoms with Gasteiger partial charge in [0.2, 0.25) is 0 Å². The summed E-state index contributed by atoms with van der Waals surface area (Å²) in [4.78, 5) is 21.1. The van der Waals surface area contributed by atoms with Gasteiger partial charge in [-0.1, -0.05) is 0 Å². The van der Waals surface area contributed by atoms with E-state index in [9.17, 15) is 9.59 Å². The Hall–Kier alpha value is -1.06. The van der Waals surface area contributed by atoms with E-state index in [1.54, 1.807) is 13.8 Å². The minimum Gasteiger partial charge on any atom is -0.463 e. The van der Waals surface area contributed by atoms with E-state index in [1.807, 2.05) is 0 Å². The number of carbonyl (C=O) groups is 2. The fourth-order valence-electron chi connectivity index (χ4n) is 1.13. The average molecular weight is 188 g/mol. The van der Waals surface area contributed by atoms with Gasteiger partial charge in [-0.2, -0.15) is 0 Å². The second kappa shape index (κ2) is 5.56. The van der Waals surface area contributed by atoms with E-state index >= 15 is 0 Å². The van der Waals surface area contributed by atoms with Crippen molar-refractivity contribution >= 4 is 11.9 Å². The third-order valence-electron chi connectivity index (χ3n) is 1.40. The van der Waals surface area contributed by atoms with Crippen molar-refractivity contribution in [1.29, 1.82) is 0 Å². The smallest absolute Gasteiger partial charge is 0.302 e. The maximum atomic E-state index is 10.5. The number of hydrogen-bond acceptors (Lipinski definition) is 4. The summed E-state index contributed by atoms with van der Waals surface area (Å²) in [7, 11) is 0. The molecule has 2 atom stereocenters. The topological polar surface area (TPSA) is 52.6 Å². The van der Waals surface area contributed by atoms with Crippen LogP contribution in [0.25, 0.3) is 0 Å². The molecule has 0 spiro atoms. The third kappa shape index (κ3) is 7.31. The van der Waals surface area contributed by atoms with Gasteiger partial charge in [0.05, 0.1) is 0 Å². The van der Waals surface area contributed by atoms with Gasteiger partial charge in [-0.3, -0.25) is 9.59 Å². The molecule has 4 nitrogen and oxygen atoms in total. The van der Waals surface area contributed by atoms with Gasteiger partial charge < -0.3 is 9.47 Å². The summed E-state index contributed by atoms with van der Waals surface area (Å²) in [6.07, 6.45) is 0.0952. The summed E-state index contributed by atoms with van der Waals surface area (Å²) in [5.41, 5.74) is 0. The molecule has 0 bridgehead atoms. The molecule has 0 aromatic carbocycles. The normalized spacial score (nSPS) is 14.5. The molecule has 0 N–H and O–H groups in total. The fourth-order valence-corrected chi connectivity index (χ4v) is 1.13. The summed E-state index contributed by atoms with van der Waals surface area (Å²) < 4.78 is 9.74. The molecule has 0 radical (unpaired) electrons. The SMILES string of the molecule is CC(=O)OC(C)CC(C)OC(C)=O. The van der Waals surface area contributed by atoms with Crippen LogP contribution in [-0.4, -0.2) is 24.1 Å². The Balaban J connectivity index is 3.70. The van der Waals surface area contributed by atoms with Crippen LogP contribution in [0.15, 0.2) is 0 Å². The molecule has 0 rings (SSSR count). The molecule has 13 heavy (non-hydrogen) atoms. The van der Waals surface area contributed by atoms with Gasteiger partial charge in [0, 0.05) is 20.3 Å². The minimum absolute atomic E-state index is 0.216. The van der Waals surface area contributed by atoms with Gasteiger partial charge in [-0.05, 0) is 13.8 Å². The fraction of sp³-hybridized carbons (Fsp3) is 0.778. The summed E-state index contributed by atoms with van der Waals surface area (Å²) in [5.74, 6) is -0.634. The molecule has 4 heteroatoms. The molecule has 0 aliphatic carbocycles. The zero-order valence-corrected chi connectivity index (χ0v) is 8.49. The van der Waals surface area contributed by atoms with Crippen molar-refractivity contribution in [2.45, 2.75) is 46.3 Å². The zero-order chi connectivity index (χ0) is 10.4. The second-order valence-electron chi connectivity index (χ2n) is 3.08. The van der Waals surface area contributed by atoms with Crippen LogP contribution < -0.4 is 0 Å². The van der Waals surface area contributed by atoms with Crippen LogP contribution >= 0.6 is 0 Å². The van der Waals surface area contributed by atoms with E-state index in [0.29, 0.717) is 6.42 Å². The highest BCUT2D eigenvalue weighted by atomic mass is 16.6. The molecule has 0 fully saturated rings. The summed E-state index contributed by atoms with van der Waals surface area (Å²) in [5, 5.41) is 0. The highest BCUT2D eigenvalue weighted by Crippen LogP contribution is 2.05. The van der Waals surface area contributed by atoms with Crippen LogP contribution in [0.2, 0.25) is 0 Å². The van der Waals surface area contributed by atoms with Gasteiger partial charge in [-0.15, -0.1) is 0 Å². The number of rotatable bonds is 4. The molecule has 0 aliphatic rings. The number of carbonyl (C=O) groups excluding carboxylic acids is 2. The molecule has 0 aliphatic heterocycles. The van der Waals surface area contributed by atoms with Crippen LogP contribution in [0, 0.1) is 0 Å². The molecular formula is C9H16O4. The monoisotopic (exact) mass is 188 g/mol. The first-order valence-electron chi connectivity index (χ1n) is 4.26. The number of esters is 2. The predicted molar refractivity (Wildman–Crippen MR) is 47.1 cm³/mol. The lowest BCUT2D eigenvalue weighted by Gasteiger charge is -2.16. The molecular weight excluding hydrogens is 172 g/mol.